The first-order valence-electron chi connectivity index (χ1n) is 3.05. The van der Waals surface area contributed by atoms with E-state index in [2.05, 4.69) is 39.6 Å². The Morgan fingerprint density at radius 1 is 1.60 bits per heavy atom. The summed E-state index contributed by atoms with van der Waals surface area (Å²) in [6.07, 6.45) is 4.25. The summed E-state index contributed by atoms with van der Waals surface area (Å²) in [6.45, 7) is 0.955. The fourth-order valence-corrected chi connectivity index (χ4v) is 2.55. The van der Waals surface area contributed by atoms with E-state index in [9.17, 15) is 0 Å². The van der Waals surface area contributed by atoms with E-state index in [1.165, 1.54) is 13.5 Å². The van der Waals surface area contributed by atoms with Crippen molar-refractivity contribution in [1.82, 2.24) is 5.32 Å². The van der Waals surface area contributed by atoms with Gasteiger partial charge in [0.1, 0.15) is 0 Å². The van der Waals surface area contributed by atoms with Crippen LogP contribution in [-0.2, 0) is 0 Å². The second-order valence-electron chi connectivity index (χ2n) is 2.13. The van der Waals surface area contributed by atoms with Gasteiger partial charge in [0.05, 0.1) is 8.32 Å². The van der Waals surface area contributed by atoms with Crippen LogP contribution in [0, 0.1) is 0 Å². The summed E-state index contributed by atoms with van der Waals surface area (Å²) in [5.41, 5.74) is 0. The number of hydrogen-bond donors (Lipinski definition) is 1. The molecule has 0 atom stereocenters. The van der Waals surface area contributed by atoms with Gasteiger partial charge in [-0.15, -0.1) is 11.3 Å². The Morgan fingerprint density at radius 3 is 3.30 bits per heavy atom. The van der Waals surface area contributed by atoms with Gasteiger partial charge in [-0.25, -0.2) is 0 Å². The van der Waals surface area contributed by atoms with Crippen LogP contribution in [0.4, 0.5) is 0 Å². The molecule has 2 heterocycles. The Balaban J connectivity index is 2.83. The van der Waals surface area contributed by atoms with Crippen molar-refractivity contribution in [2.24, 2.45) is 0 Å². The fraction of sp³-hybridized carbons (Fsp3) is 0.143. The summed E-state index contributed by atoms with van der Waals surface area (Å²) >= 11 is 5.20. The lowest BCUT2D eigenvalue weighted by Gasteiger charge is -1.95. The molecule has 1 nitrogen and oxygen atoms in total. The molecule has 52 valence electrons. The molecule has 1 aromatic heterocycles. The molecule has 0 unspecified atom stereocenters. The smallest absolute Gasteiger partial charge is 0.0711 e. The predicted octanol–water partition coefficient (Wildman–Crippen LogP) is 0.632. The predicted molar refractivity (Wildman–Crippen MR) is 48.2 cm³/mol. The van der Waals surface area contributed by atoms with Crippen molar-refractivity contribution in [2.45, 2.75) is 0 Å². The van der Waals surface area contributed by atoms with Crippen LogP contribution in [0.5, 0.6) is 0 Å². The topological polar surface area (TPSA) is 12.0 Å². The van der Waals surface area contributed by atoms with Gasteiger partial charge in [0.15, 0.2) is 0 Å². The number of nitrogens with one attached hydrogen (secondary N) is 1. The van der Waals surface area contributed by atoms with E-state index in [1.807, 2.05) is 0 Å². The largest absolute Gasteiger partial charge is 0.386 e. The van der Waals surface area contributed by atoms with Crippen molar-refractivity contribution >= 4 is 39.5 Å². The van der Waals surface area contributed by atoms with Gasteiger partial charge < -0.3 is 5.32 Å². The first-order valence-corrected chi connectivity index (χ1v) is 4.66. The first kappa shape index (κ1) is 6.43. The highest BCUT2D eigenvalue weighted by molar-refractivity contribution is 9.11. The molecule has 1 aliphatic rings. The van der Waals surface area contributed by atoms with Crippen molar-refractivity contribution in [3.05, 3.63) is 19.6 Å². The van der Waals surface area contributed by atoms with Gasteiger partial charge in [0.2, 0.25) is 0 Å². The Hall–Kier alpha value is -0.280. The molecule has 10 heavy (non-hydrogen) atoms. The molecule has 0 bridgehead atoms. The lowest BCUT2D eigenvalue weighted by molar-refractivity contribution is 1.06. The van der Waals surface area contributed by atoms with E-state index < -0.39 is 0 Å². The third kappa shape index (κ3) is 0.995. The molecule has 0 aromatic carbocycles. The SMILES string of the molecule is Brc1cc2c(s1)=CNCC=2. The lowest BCUT2D eigenvalue weighted by Crippen LogP contribution is -2.28. The molecule has 0 saturated heterocycles. The third-order valence-electron chi connectivity index (χ3n) is 1.43. The van der Waals surface area contributed by atoms with E-state index in [0.29, 0.717) is 0 Å². The molecular weight excluding hydrogens is 210 g/mol. The minimum Gasteiger partial charge on any atom is -0.386 e. The zero-order valence-electron chi connectivity index (χ0n) is 5.23. The highest BCUT2D eigenvalue weighted by atomic mass is 79.9. The van der Waals surface area contributed by atoms with Gasteiger partial charge in [-0.2, -0.15) is 0 Å². The standard InChI is InChI=1S/C7H6BrNS/c8-7-3-5-1-2-9-4-6(5)10-7/h1,3-4,9H,2H2. The van der Waals surface area contributed by atoms with Gasteiger partial charge in [-0.05, 0) is 27.2 Å². The summed E-state index contributed by atoms with van der Waals surface area (Å²) < 4.78 is 2.52. The van der Waals surface area contributed by atoms with Gasteiger partial charge >= 0.3 is 0 Å². The highest BCUT2D eigenvalue weighted by Gasteiger charge is 1.95. The zero-order valence-corrected chi connectivity index (χ0v) is 7.63. The van der Waals surface area contributed by atoms with E-state index in [0.717, 1.165) is 6.54 Å². The minimum absolute atomic E-state index is 0.955. The van der Waals surface area contributed by atoms with E-state index >= 15 is 0 Å². The molecular formula is C7H6BrNS. The number of hydrogen-bond acceptors (Lipinski definition) is 2. The van der Waals surface area contributed by atoms with Crippen molar-refractivity contribution in [2.75, 3.05) is 6.54 Å². The van der Waals surface area contributed by atoms with Crippen LogP contribution >= 0.6 is 27.3 Å². The maximum absolute atomic E-state index is 3.44. The van der Waals surface area contributed by atoms with Crippen LogP contribution < -0.4 is 15.1 Å². The fourth-order valence-electron chi connectivity index (χ4n) is 0.980. The van der Waals surface area contributed by atoms with Gasteiger partial charge in [-0.3, -0.25) is 0 Å². The molecule has 1 aromatic rings. The Bertz CT molecular complexity index is 319. The summed E-state index contributed by atoms with van der Waals surface area (Å²) in [5.74, 6) is 0. The first-order chi connectivity index (χ1) is 4.86. The Kier molecular flexibility index (Phi) is 1.54. The van der Waals surface area contributed by atoms with Crippen molar-refractivity contribution in [1.29, 1.82) is 0 Å². The Labute approximate surface area is 71.2 Å². The molecule has 1 N–H and O–H groups in total. The second kappa shape index (κ2) is 2.40. The van der Waals surface area contributed by atoms with Crippen LogP contribution in [0.3, 0.4) is 0 Å². The van der Waals surface area contributed by atoms with Crippen molar-refractivity contribution < 1.29 is 0 Å². The summed E-state index contributed by atoms with van der Waals surface area (Å²) in [5, 5.41) is 4.51. The summed E-state index contributed by atoms with van der Waals surface area (Å²) in [6, 6.07) is 2.15. The minimum atomic E-state index is 0.955. The maximum atomic E-state index is 3.44. The molecule has 0 fully saturated rings. The molecule has 0 radical (unpaired) electrons. The molecule has 0 spiro atoms. The molecule has 0 saturated carbocycles. The average Bonchev–Trinajstić information content (AvgIpc) is 2.27. The number of thiophene rings is 1. The Morgan fingerprint density at radius 2 is 2.50 bits per heavy atom. The van der Waals surface area contributed by atoms with Crippen LogP contribution in [0.15, 0.2) is 9.85 Å². The van der Waals surface area contributed by atoms with Gasteiger partial charge in [0.25, 0.3) is 0 Å². The lowest BCUT2D eigenvalue weighted by atomic mass is 10.3. The quantitative estimate of drug-likeness (QED) is 0.670. The van der Waals surface area contributed by atoms with Crippen LogP contribution in [0.2, 0.25) is 0 Å². The zero-order chi connectivity index (χ0) is 6.97. The maximum Gasteiger partial charge on any atom is 0.0711 e. The third-order valence-corrected chi connectivity index (χ3v) is 3.03. The van der Waals surface area contributed by atoms with Gasteiger partial charge in [0, 0.05) is 12.7 Å². The second-order valence-corrected chi connectivity index (χ2v) is 4.59. The number of fused-ring (bicyclic) bond motifs is 1. The van der Waals surface area contributed by atoms with Gasteiger partial charge in [-0.1, -0.05) is 6.08 Å². The van der Waals surface area contributed by atoms with Crippen LogP contribution in [0.1, 0.15) is 0 Å². The molecule has 0 aliphatic carbocycles. The van der Waals surface area contributed by atoms with Crippen LogP contribution in [0.25, 0.3) is 12.3 Å². The highest BCUT2D eigenvalue weighted by Crippen LogP contribution is 2.08. The summed E-state index contributed by atoms with van der Waals surface area (Å²) in [7, 11) is 0. The summed E-state index contributed by atoms with van der Waals surface area (Å²) in [4.78, 5) is 0. The van der Waals surface area contributed by atoms with E-state index in [4.69, 9.17) is 0 Å². The van der Waals surface area contributed by atoms with Crippen molar-refractivity contribution in [3.63, 3.8) is 0 Å². The van der Waals surface area contributed by atoms with Crippen LogP contribution in [-0.4, -0.2) is 6.54 Å². The monoisotopic (exact) mass is 215 g/mol. The molecule has 2 rings (SSSR count). The van der Waals surface area contributed by atoms with E-state index in [1.54, 1.807) is 11.3 Å². The van der Waals surface area contributed by atoms with Crippen molar-refractivity contribution in [3.8, 4) is 0 Å². The number of halogens is 1. The normalized spacial score (nSPS) is 14.5. The molecule has 3 heteroatoms. The van der Waals surface area contributed by atoms with E-state index in [-0.39, 0.29) is 0 Å². The molecule has 0 amide bonds. The average molecular weight is 216 g/mol. The molecule has 1 aliphatic heterocycles. The number of rotatable bonds is 0.